The number of carbonyl (C=O) groups excluding carboxylic acids is 1. The topological polar surface area (TPSA) is 50.4 Å². The van der Waals surface area contributed by atoms with Crippen LogP contribution in [0.2, 0.25) is 0 Å². The molecule has 0 bridgehead atoms. The average molecular weight is 186 g/mol. The van der Waals surface area contributed by atoms with Gasteiger partial charge in [0.2, 0.25) is 5.91 Å². The average Bonchev–Trinajstić information content (AvgIpc) is 2.62. The largest absolute Gasteiger partial charge is 0.377 e. The molecule has 1 aliphatic rings. The van der Waals surface area contributed by atoms with Crippen molar-refractivity contribution in [1.82, 2.24) is 10.6 Å². The standard InChI is InChI=1S/C9H18N2O2/c1-3-4-13-7-5-8(11-6-7)9(12)10-2/h7-8,11H,3-6H2,1-2H3,(H,10,12)/t7-,8+/m1/s1. The highest BCUT2D eigenvalue weighted by Crippen LogP contribution is 2.10. The fourth-order valence-electron chi connectivity index (χ4n) is 1.49. The molecule has 0 aromatic carbocycles. The molecule has 2 atom stereocenters. The van der Waals surface area contributed by atoms with Crippen LogP contribution < -0.4 is 10.6 Å². The van der Waals surface area contributed by atoms with Crippen LogP contribution in [0.1, 0.15) is 19.8 Å². The van der Waals surface area contributed by atoms with E-state index in [4.69, 9.17) is 4.74 Å². The second kappa shape index (κ2) is 5.19. The summed E-state index contributed by atoms with van der Waals surface area (Å²) in [5, 5.41) is 5.76. The lowest BCUT2D eigenvalue weighted by Gasteiger charge is -2.09. The second-order valence-electron chi connectivity index (χ2n) is 3.30. The van der Waals surface area contributed by atoms with Gasteiger partial charge in [0.1, 0.15) is 0 Å². The lowest BCUT2D eigenvalue weighted by atomic mass is 10.2. The third kappa shape index (κ3) is 2.97. The number of amides is 1. The van der Waals surface area contributed by atoms with Gasteiger partial charge in [-0.15, -0.1) is 0 Å². The summed E-state index contributed by atoms with van der Waals surface area (Å²) in [7, 11) is 1.66. The quantitative estimate of drug-likeness (QED) is 0.644. The number of hydrogen-bond donors (Lipinski definition) is 2. The molecule has 2 N–H and O–H groups in total. The van der Waals surface area contributed by atoms with Gasteiger partial charge in [0.05, 0.1) is 12.1 Å². The van der Waals surface area contributed by atoms with Crippen LogP contribution in [0.4, 0.5) is 0 Å². The van der Waals surface area contributed by atoms with Crippen molar-refractivity contribution >= 4 is 5.91 Å². The van der Waals surface area contributed by atoms with Crippen molar-refractivity contribution in [3.63, 3.8) is 0 Å². The van der Waals surface area contributed by atoms with Crippen LogP contribution in [0.3, 0.4) is 0 Å². The maximum absolute atomic E-state index is 11.2. The Kier molecular flexibility index (Phi) is 4.18. The number of ether oxygens (including phenoxy) is 1. The van der Waals surface area contributed by atoms with Crippen molar-refractivity contribution in [2.45, 2.75) is 31.9 Å². The zero-order chi connectivity index (χ0) is 9.68. The van der Waals surface area contributed by atoms with Gasteiger partial charge >= 0.3 is 0 Å². The molecule has 1 saturated heterocycles. The first-order valence-corrected chi connectivity index (χ1v) is 4.84. The van der Waals surface area contributed by atoms with Crippen LogP contribution in [-0.4, -0.2) is 38.3 Å². The summed E-state index contributed by atoms with van der Waals surface area (Å²) < 4.78 is 5.53. The SMILES string of the molecule is CCCO[C@H]1CN[C@H](C(=O)NC)C1. The summed E-state index contributed by atoms with van der Waals surface area (Å²) in [5.41, 5.74) is 0. The highest BCUT2D eigenvalue weighted by molar-refractivity contribution is 5.81. The van der Waals surface area contributed by atoms with E-state index in [0.29, 0.717) is 0 Å². The minimum atomic E-state index is -0.0631. The van der Waals surface area contributed by atoms with E-state index in [1.54, 1.807) is 7.05 Å². The summed E-state index contributed by atoms with van der Waals surface area (Å²) in [5.74, 6) is 0.0580. The first-order valence-electron chi connectivity index (χ1n) is 4.84. The fraction of sp³-hybridized carbons (Fsp3) is 0.889. The molecule has 1 aliphatic heterocycles. The Labute approximate surface area is 79.0 Å². The Morgan fingerprint density at radius 1 is 1.69 bits per heavy atom. The van der Waals surface area contributed by atoms with Gasteiger partial charge in [-0.05, 0) is 12.8 Å². The predicted octanol–water partition coefficient (Wildman–Crippen LogP) is -0.111. The van der Waals surface area contributed by atoms with Gasteiger partial charge in [-0.25, -0.2) is 0 Å². The highest BCUT2D eigenvalue weighted by Gasteiger charge is 2.28. The molecule has 0 spiro atoms. The van der Waals surface area contributed by atoms with Crippen molar-refractivity contribution in [3.8, 4) is 0 Å². The van der Waals surface area contributed by atoms with Crippen molar-refractivity contribution in [3.05, 3.63) is 0 Å². The lowest BCUT2D eigenvalue weighted by molar-refractivity contribution is -0.122. The predicted molar refractivity (Wildman–Crippen MR) is 50.5 cm³/mol. The van der Waals surface area contributed by atoms with Crippen LogP contribution in [0, 0.1) is 0 Å². The molecule has 1 rings (SSSR count). The van der Waals surface area contributed by atoms with E-state index in [1.165, 1.54) is 0 Å². The van der Waals surface area contributed by atoms with E-state index in [1.807, 2.05) is 0 Å². The molecule has 76 valence electrons. The molecule has 0 unspecified atom stereocenters. The Hall–Kier alpha value is -0.610. The maximum Gasteiger partial charge on any atom is 0.236 e. The zero-order valence-corrected chi connectivity index (χ0v) is 8.30. The van der Waals surface area contributed by atoms with E-state index in [2.05, 4.69) is 17.6 Å². The van der Waals surface area contributed by atoms with E-state index < -0.39 is 0 Å². The molecular weight excluding hydrogens is 168 g/mol. The third-order valence-corrected chi connectivity index (χ3v) is 2.21. The summed E-state index contributed by atoms with van der Waals surface area (Å²) in [4.78, 5) is 11.2. The highest BCUT2D eigenvalue weighted by atomic mass is 16.5. The van der Waals surface area contributed by atoms with E-state index >= 15 is 0 Å². The molecule has 4 nitrogen and oxygen atoms in total. The van der Waals surface area contributed by atoms with E-state index in [9.17, 15) is 4.79 Å². The van der Waals surface area contributed by atoms with Gasteiger partial charge in [-0.2, -0.15) is 0 Å². The third-order valence-electron chi connectivity index (χ3n) is 2.21. The van der Waals surface area contributed by atoms with Gasteiger partial charge in [0.25, 0.3) is 0 Å². The van der Waals surface area contributed by atoms with Gasteiger partial charge in [0.15, 0.2) is 0 Å². The van der Waals surface area contributed by atoms with Crippen LogP contribution in [-0.2, 0) is 9.53 Å². The molecule has 1 amide bonds. The minimum absolute atomic E-state index is 0.0580. The number of hydrogen-bond acceptors (Lipinski definition) is 3. The summed E-state index contributed by atoms with van der Waals surface area (Å²) in [6, 6.07) is -0.0631. The van der Waals surface area contributed by atoms with Gasteiger partial charge in [-0.1, -0.05) is 6.92 Å². The van der Waals surface area contributed by atoms with Crippen molar-refractivity contribution < 1.29 is 9.53 Å². The molecule has 4 heteroatoms. The summed E-state index contributed by atoms with van der Waals surface area (Å²) >= 11 is 0. The summed E-state index contributed by atoms with van der Waals surface area (Å²) in [6.07, 6.45) is 2.03. The second-order valence-corrected chi connectivity index (χ2v) is 3.30. The zero-order valence-electron chi connectivity index (χ0n) is 8.30. The van der Waals surface area contributed by atoms with E-state index in [-0.39, 0.29) is 18.1 Å². The van der Waals surface area contributed by atoms with Gasteiger partial charge in [0, 0.05) is 20.2 Å². The smallest absolute Gasteiger partial charge is 0.236 e. The van der Waals surface area contributed by atoms with Crippen molar-refractivity contribution in [2.24, 2.45) is 0 Å². The molecule has 0 radical (unpaired) electrons. The molecule has 0 aromatic heterocycles. The Balaban J connectivity index is 2.23. The fourth-order valence-corrected chi connectivity index (χ4v) is 1.49. The first kappa shape index (κ1) is 10.5. The first-order chi connectivity index (χ1) is 6.27. The van der Waals surface area contributed by atoms with Crippen LogP contribution >= 0.6 is 0 Å². The molecule has 0 aliphatic carbocycles. The Morgan fingerprint density at radius 3 is 3.08 bits per heavy atom. The number of rotatable bonds is 4. The van der Waals surface area contributed by atoms with Crippen LogP contribution in [0.25, 0.3) is 0 Å². The molecule has 1 heterocycles. The molecule has 13 heavy (non-hydrogen) atoms. The molecule has 0 saturated carbocycles. The van der Waals surface area contributed by atoms with Crippen LogP contribution in [0.15, 0.2) is 0 Å². The normalized spacial score (nSPS) is 27.5. The number of nitrogens with one attached hydrogen (secondary N) is 2. The Morgan fingerprint density at radius 2 is 2.46 bits per heavy atom. The van der Waals surface area contributed by atoms with Crippen LogP contribution in [0.5, 0.6) is 0 Å². The monoisotopic (exact) mass is 186 g/mol. The van der Waals surface area contributed by atoms with E-state index in [0.717, 1.165) is 26.0 Å². The molecule has 0 aromatic rings. The number of likely N-dealkylation sites (N-methyl/N-ethyl adjacent to an activating group) is 1. The maximum atomic E-state index is 11.2. The minimum Gasteiger partial charge on any atom is -0.377 e. The Bertz CT molecular complexity index is 173. The molecular formula is C9H18N2O2. The van der Waals surface area contributed by atoms with Crippen molar-refractivity contribution in [1.29, 1.82) is 0 Å². The molecule has 1 fully saturated rings. The van der Waals surface area contributed by atoms with Gasteiger partial charge in [-0.3, -0.25) is 4.79 Å². The summed E-state index contributed by atoms with van der Waals surface area (Å²) in [6.45, 7) is 3.66. The van der Waals surface area contributed by atoms with Crippen molar-refractivity contribution in [2.75, 3.05) is 20.2 Å². The number of carbonyl (C=O) groups is 1. The van der Waals surface area contributed by atoms with Gasteiger partial charge < -0.3 is 15.4 Å². The lowest BCUT2D eigenvalue weighted by Crippen LogP contribution is -2.38.